The predicted molar refractivity (Wildman–Crippen MR) is 70.8 cm³/mol. The van der Waals surface area contributed by atoms with Gasteiger partial charge in [0.05, 0.1) is 6.10 Å². The third kappa shape index (κ3) is 3.53. The summed E-state index contributed by atoms with van der Waals surface area (Å²) < 4.78 is 0. The van der Waals surface area contributed by atoms with Crippen LogP contribution in [0.5, 0.6) is 0 Å². The molecule has 0 aromatic carbocycles. The zero-order valence-electron chi connectivity index (χ0n) is 11.5. The van der Waals surface area contributed by atoms with Crippen molar-refractivity contribution in [3.05, 3.63) is 11.6 Å². The van der Waals surface area contributed by atoms with Crippen molar-refractivity contribution in [3.63, 3.8) is 0 Å². The minimum Gasteiger partial charge on any atom is -0.393 e. The molecule has 2 rings (SSSR count). The maximum Gasteiger partial charge on any atom is 0.290 e. The molecule has 0 saturated heterocycles. The Morgan fingerprint density at radius 1 is 1.47 bits per heavy atom. The summed E-state index contributed by atoms with van der Waals surface area (Å²) in [4.78, 5) is 16.0. The van der Waals surface area contributed by atoms with Gasteiger partial charge < -0.3 is 10.4 Å². The van der Waals surface area contributed by atoms with Crippen LogP contribution in [0.4, 0.5) is 0 Å². The van der Waals surface area contributed by atoms with Crippen LogP contribution < -0.4 is 5.32 Å². The molecule has 0 radical (unpaired) electrons. The molecule has 2 atom stereocenters. The molecular formula is C13H22N4O2. The first-order valence-electron chi connectivity index (χ1n) is 6.96. The second-order valence-corrected chi connectivity index (χ2v) is 5.52. The van der Waals surface area contributed by atoms with Crippen LogP contribution in [0.3, 0.4) is 0 Å². The molecule has 0 spiro atoms. The van der Waals surface area contributed by atoms with Gasteiger partial charge in [-0.25, -0.2) is 4.98 Å². The molecule has 6 nitrogen and oxygen atoms in total. The van der Waals surface area contributed by atoms with Crippen molar-refractivity contribution in [2.75, 3.05) is 6.54 Å². The molecule has 1 aliphatic rings. The van der Waals surface area contributed by atoms with E-state index in [1.807, 2.05) is 13.8 Å². The van der Waals surface area contributed by atoms with E-state index in [4.69, 9.17) is 0 Å². The van der Waals surface area contributed by atoms with Crippen LogP contribution in [0, 0.1) is 5.92 Å². The summed E-state index contributed by atoms with van der Waals surface area (Å²) in [6.45, 7) is 4.46. The van der Waals surface area contributed by atoms with Crippen LogP contribution in [0.25, 0.3) is 0 Å². The Hall–Kier alpha value is -1.43. The third-order valence-electron chi connectivity index (χ3n) is 3.65. The Labute approximate surface area is 113 Å². The summed E-state index contributed by atoms with van der Waals surface area (Å²) in [7, 11) is 0. The van der Waals surface area contributed by atoms with Gasteiger partial charge in [-0.05, 0) is 12.8 Å². The highest BCUT2D eigenvalue weighted by molar-refractivity contribution is 5.90. The van der Waals surface area contributed by atoms with Crippen LogP contribution in [-0.2, 0) is 0 Å². The Morgan fingerprint density at radius 3 is 2.84 bits per heavy atom. The maximum atomic E-state index is 11.9. The van der Waals surface area contributed by atoms with Crippen molar-refractivity contribution in [1.29, 1.82) is 0 Å². The number of H-pyrrole nitrogens is 1. The van der Waals surface area contributed by atoms with E-state index in [0.717, 1.165) is 25.7 Å². The zero-order chi connectivity index (χ0) is 13.8. The van der Waals surface area contributed by atoms with Crippen molar-refractivity contribution in [2.45, 2.75) is 51.6 Å². The third-order valence-corrected chi connectivity index (χ3v) is 3.65. The van der Waals surface area contributed by atoms with E-state index in [2.05, 4.69) is 20.5 Å². The van der Waals surface area contributed by atoms with Crippen LogP contribution in [0.15, 0.2) is 0 Å². The Balaban J connectivity index is 1.86. The van der Waals surface area contributed by atoms with Gasteiger partial charge in [-0.2, -0.15) is 0 Å². The van der Waals surface area contributed by atoms with Gasteiger partial charge in [-0.1, -0.05) is 26.7 Å². The average molecular weight is 266 g/mol. The summed E-state index contributed by atoms with van der Waals surface area (Å²) in [5.41, 5.74) is 0. The second kappa shape index (κ2) is 6.14. The lowest BCUT2D eigenvalue weighted by Gasteiger charge is -2.27. The number of aromatic amines is 1. The first-order valence-corrected chi connectivity index (χ1v) is 6.96. The molecule has 6 heteroatoms. The van der Waals surface area contributed by atoms with Crippen molar-refractivity contribution < 1.29 is 9.90 Å². The van der Waals surface area contributed by atoms with Gasteiger partial charge in [0.25, 0.3) is 5.91 Å². The lowest BCUT2D eigenvalue weighted by molar-refractivity contribution is 0.0660. The number of nitrogens with zero attached hydrogens (tertiary/aromatic N) is 2. The van der Waals surface area contributed by atoms with Gasteiger partial charge in [0.2, 0.25) is 5.82 Å². The van der Waals surface area contributed by atoms with E-state index < -0.39 is 0 Å². The molecule has 3 N–H and O–H groups in total. The molecule has 2 unspecified atom stereocenters. The van der Waals surface area contributed by atoms with E-state index in [9.17, 15) is 9.90 Å². The molecule has 1 aliphatic carbocycles. The number of carbonyl (C=O) groups excluding carboxylic acids is 1. The van der Waals surface area contributed by atoms with Gasteiger partial charge in [0.1, 0.15) is 5.82 Å². The second-order valence-electron chi connectivity index (χ2n) is 5.52. The highest BCUT2D eigenvalue weighted by Gasteiger charge is 2.24. The van der Waals surface area contributed by atoms with E-state index in [0.29, 0.717) is 12.4 Å². The number of amides is 1. The summed E-state index contributed by atoms with van der Waals surface area (Å²) in [5, 5.41) is 19.3. The minimum atomic E-state index is -0.299. The van der Waals surface area contributed by atoms with Gasteiger partial charge in [-0.3, -0.25) is 9.89 Å². The topological polar surface area (TPSA) is 90.9 Å². The van der Waals surface area contributed by atoms with E-state index in [1.165, 1.54) is 0 Å². The summed E-state index contributed by atoms with van der Waals surface area (Å²) in [6.07, 6.45) is 3.69. The maximum absolute atomic E-state index is 11.9. The normalized spacial score (nSPS) is 23.6. The van der Waals surface area contributed by atoms with Crippen molar-refractivity contribution in [3.8, 4) is 0 Å². The van der Waals surface area contributed by atoms with Gasteiger partial charge in [0.15, 0.2) is 0 Å². The van der Waals surface area contributed by atoms with Gasteiger partial charge >= 0.3 is 0 Å². The lowest BCUT2D eigenvalue weighted by Crippen LogP contribution is -2.37. The molecular weight excluding hydrogens is 244 g/mol. The number of aliphatic hydroxyl groups excluding tert-OH is 1. The summed E-state index contributed by atoms with van der Waals surface area (Å²) >= 11 is 0. The van der Waals surface area contributed by atoms with Crippen LogP contribution >= 0.6 is 0 Å². The molecule has 106 valence electrons. The fourth-order valence-electron chi connectivity index (χ4n) is 2.36. The number of aliphatic hydroxyl groups is 1. The fraction of sp³-hybridized carbons (Fsp3) is 0.769. The van der Waals surface area contributed by atoms with Crippen LogP contribution in [-0.4, -0.2) is 38.8 Å². The van der Waals surface area contributed by atoms with E-state index >= 15 is 0 Å². The first-order chi connectivity index (χ1) is 9.08. The monoisotopic (exact) mass is 266 g/mol. The van der Waals surface area contributed by atoms with Gasteiger partial charge in [-0.15, -0.1) is 5.10 Å². The molecule has 0 aliphatic heterocycles. The van der Waals surface area contributed by atoms with Crippen molar-refractivity contribution in [2.24, 2.45) is 5.92 Å². The Morgan fingerprint density at radius 2 is 2.21 bits per heavy atom. The molecule has 1 aromatic heterocycles. The SMILES string of the molecule is CC(C)c1nc(C(=O)NCC2CCCCC2O)n[nH]1. The van der Waals surface area contributed by atoms with Crippen LogP contribution in [0.2, 0.25) is 0 Å². The van der Waals surface area contributed by atoms with Crippen molar-refractivity contribution in [1.82, 2.24) is 20.5 Å². The Bertz CT molecular complexity index is 430. The standard InChI is InChI=1S/C13H22N4O2/c1-8(2)11-15-12(17-16-11)13(19)14-7-9-5-3-4-6-10(9)18/h8-10,18H,3-7H2,1-2H3,(H,14,19)(H,15,16,17). The fourth-order valence-corrected chi connectivity index (χ4v) is 2.36. The minimum absolute atomic E-state index is 0.154. The molecule has 19 heavy (non-hydrogen) atoms. The number of carbonyl (C=O) groups is 1. The highest BCUT2D eigenvalue weighted by atomic mass is 16.3. The lowest BCUT2D eigenvalue weighted by atomic mass is 9.86. The molecule has 1 saturated carbocycles. The summed E-state index contributed by atoms with van der Waals surface area (Å²) in [6, 6.07) is 0. The highest BCUT2D eigenvalue weighted by Crippen LogP contribution is 2.23. The Kier molecular flexibility index (Phi) is 4.52. The van der Waals surface area contributed by atoms with Crippen LogP contribution in [0.1, 0.15) is 61.9 Å². The number of aromatic nitrogens is 3. The number of hydrogen-bond donors (Lipinski definition) is 3. The number of nitrogens with one attached hydrogen (secondary N) is 2. The van der Waals surface area contributed by atoms with Crippen molar-refractivity contribution >= 4 is 5.91 Å². The zero-order valence-corrected chi connectivity index (χ0v) is 11.5. The largest absolute Gasteiger partial charge is 0.393 e. The number of hydrogen-bond acceptors (Lipinski definition) is 4. The average Bonchev–Trinajstić information content (AvgIpc) is 2.87. The molecule has 1 heterocycles. The molecule has 1 fully saturated rings. The quantitative estimate of drug-likeness (QED) is 0.764. The van der Waals surface area contributed by atoms with Gasteiger partial charge in [0, 0.05) is 18.4 Å². The smallest absolute Gasteiger partial charge is 0.290 e. The summed E-state index contributed by atoms with van der Waals surface area (Å²) in [5.74, 6) is 0.980. The molecule has 1 amide bonds. The van der Waals surface area contributed by atoms with E-state index in [-0.39, 0.29) is 29.7 Å². The van der Waals surface area contributed by atoms with E-state index in [1.54, 1.807) is 0 Å². The number of rotatable bonds is 4. The molecule has 0 bridgehead atoms. The predicted octanol–water partition coefficient (Wildman–Crippen LogP) is 1.21. The molecule has 1 aromatic rings. The first kappa shape index (κ1) is 14.0.